The summed E-state index contributed by atoms with van der Waals surface area (Å²) in [6, 6.07) is 24.4. The summed E-state index contributed by atoms with van der Waals surface area (Å²) < 4.78 is 0. The highest BCUT2D eigenvalue weighted by Crippen LogP contribution is 2.29. The molecule has 4 aromatic rings. The Bertz CT molecular complexity index is 1220. The van der Waals surface area contributed by atoms with Crippen LogP contribution >= 0.6 is 11.8 Å². The molecule has 0 atom stereocenters. The van der Waals surface area contributed by atoms with Crippen LogP contribution in [0.3, 0.4) is 0 Å². The quantitative estimate of drug-likeness (QED) is 0.403. The molecule has 0 aliphatic rings. The van der Waals surface area contributed by atoms with E-state index in [1.807, 2.05) is 42.5 Å². The molecular weight excluding hydrogens is 424 g/mol. The Hall–Kier alpha value is -3.98. The van der Waals surface area contributed by atoms with Crippen LogP contribution in [0.2, 0.25) is 0 Å². The Labute approximate surface area is 188 Å². The predicted molar refractivity (Wildman–Crippen MR) is 123 cm³/mol. The molecule has 2 amide bonds. The Balaban J connectivity index is 1.39. The van der Waals surface area contributed by atoms with E-state index < -0.39 is 5.91 Å². The molecule has 4 rings (SSSR count). The fourth-order valence-corrected chi connectivity index (χ4v) is 3.92. The zero-order valence-corrected chi connectivity index (χ0v) is 17.8. The number of amides is 2. The number of carbonyl (C=O) groups is 2. The Kier molecular flexibility index (Phi) is 6.57. The van der Waals surface area contributed by atoms with Crippen molar-refractivity contribution < 1.29 is 9.59 Å². The highest BCUT2D eigenvalue weighted by atomic mass is 32.2. The molecule has 32 heavy (non-hydrogen) atoms. The maximum atomic E-state index is 12.6. The van der Waals surface area contributed by atoms with Crippen LogP contribution in [-0.4, -0.2) is 32.0 Å². The largest absolute Gasteiger partial charge is 0.366 e. The minimum atomic E-state index is -0.507. The van der Waals surface area contributed by atoms with Crippen LogP contribution in [0.4, 0.5) is 5.69 Å². The van der Waals surface area contributed by atoms with Gasteiger partial charge in [-0.2, -0.15) is 4.80 Å². The Morgan fingerprint density at radius 3 is 2.41 bits per heavy atom. The highest BCUT2D eigenvalue weighted by molar-refractivity contribution is 7.98. The molecule has 0 saturated heterocycles. The Morgan fingerprint density at radius 2 is 1.66 bits per heavy atom. The molecule has 0 spiro atoms. The average molecular weight is 445 g/mol. The molecule has 3 N–H and O–H groups in total. The number of tetrazole rings is 1. The van der Waals surface area contributed by atoms with Gasteiger partial charge in [0.25, 0.3) is 0 Å². The number of hydrogen-bond donors (Lipinski definition) is 2. The van der Waals surface area contributed by atoms with E-state index in [-0.39, 0.29) is 12.5 Å². The molecule has 3 aromatic carbocycles. The number of nitrogens with zero attached hydrogens (tertiary/aromatic N) is 4. The van der Waals surface area contributed by atoms with Gasteiger partial charge in [-0.15, -0.1) is 22.0 Å². The summed E-state index contributed by atoms with van der Waals surface area (Å²) >= 11 is 1.65. The van der Waals surface area contributed by atoms with Crippen LogP contribution in [0.15, 0.2) is 83.8 Å². The zero-order chi connectivity index (χ0) is 22.3. The number of para-hydroxylation sites is 1. The van der Waals surface area contributed by atoms with Crippen molar-refractivity contribution in [1.82, 2.24) is 20.2 Å². The van der Waals surface area contributed by atoms with Gasteiger partial charge in [-0.3, -0.25) is 9.59 Å². The molecule has 0 saturated carbocycles. The number of anilines is 1. The van der Waals surface area contributed by atoms with E-state index in [0.29, 0.717) is 17.0 Å². The van der Waals surface area contributed by atoms with Crippen molar-refractivity contribution in [3.8, 4) is 11.4 Å². The van der Waals surface area contributed by atoms with Gasteiger partial charge in [0.1, 0.15) is 6.54 Å². The summed E-state index contributed by atoms with van der Waals surface area (Å²) in [6.07, 6.45) is 0. The van der Waals surface area contributed by atoms with E-state index in [1.165, 1.54) is 10.4 Å². The lowest BCUT2D eigenvalue weighted by Gasteiger charge is -2.10. The molecule has 1 heterocycles. The number of aromatic nitrogens is 4. The van der Waals surface area contributed by atoms with Crippen LogP contribution in [0.5, 0.6) is 0 Å². The van der Waals surface area contributed by atoms with Crippen LogP contribution in [0.25, 0.3) is 11.4 Å². The fraction of sp³-hybridized carbons (Fsp3) is 0.0870. The lowest BCUT2D eigenvalue weighted by molar-refractivity contribution is -0.117. The third-order valence-electron chi connectivity index (χ3n) is 4.56. The highest BCUT2D eigenvalue weighted by Gasteiger charge is 2.12. The molecule has 9 heteroatoms. The third-order valence-corrected chi connectivity index (χ3v) is 5.71. The summed E-state index contributed by atoms with van der Waals surface area (Å²) in [5, 5.41) is 15.1. The molecular formula is C23H20N6O2S. The second kappa shape index (κ2) is 9.88. The van der Waals surface area contributed by atoms with Gasteiger partial charge in [-0.25, -0.2) is 0 Å². The van der Waals surface area contributed by atoms with Crippen molar-refractivity contribution in [1.29, 1.82) is 0 Å². The third kappa shape index (κ3) is 5.38. The molecule has 160 valence electrons. The van der Waals surface area contributed by atoms with Gasteiger partial charge in [0.15, 0.2) is 0 Å². The van der Waals surface area contributed by atoms with Gasteiger partial charge < -0.3 is 11.1 Å². The number of rotatable bonds is 8. The topological polar surface area (TPSA) is 116 Å². The van der Waals surface area contributed by atoms with Crippen LogP contribution in [-0.2, 0) is 17.1 Å². The van der Waals surface area contributed by atoms with Gasteiger partial charge in [0.05, 0.1) is 5.69 Å². The molecule has 1 aromatic heterocycles. The molecule has 0 fully saturated rings. The van der Waals surface area contributed by atoms with E-state index >= 15 is 0 Å². The summed E-state index contributed by atoms with van der Waals surface area (Å²) in [4.78, 5) is 26.0. The van der Waals surface area contributed by atoms with E-state index in [0.717, 1.165) is 16.3 Å². The van der Waals surface area contributed by atoms with Crippen LogP contribution in [0.1, 0.15) is 15.9 Å². The van der Waals surface area contributed by atoms with Crippen molar-refractivity contribution in [2.24, 2.45) is 5.73 Å². The molecule has 8 nitrogen and oxygen atoms in total. The number of benzene rings is 3. The normalized spacial score (nSPS) is 10.6. The molecule has 0 bridgehead atoms. The van der Waals surface area contributed by atoms with Crippen molar-refractivity contribution in [3.05, 3.63) is 90.0 Å². The van der Waals surface area contributed by atoms with Crippen LogP contribution < -0.4 is 11.1 Å². The van der Waals surface area contributed by atoms with E-state index in [9.17, 15) is 9.59 Å². The number of thioether (sulfide) groups is 1. The number of nitrogens with two attached hydrogens (primary N) is 1. The van der Waals surface area contributed by atoms with Crippen molar-refractivity contribution in [2.75, 3.05) is 5.32 Å². The smallest absolute Gasteiger partial charge is 0.248 e. The van der Waals surface area contributed by atoms with Gasteiger partial charge in [0.2, 0.25) is 17.6 Å². The summed E-state index contributed by atoms with van der Waals surface area (Å²) in [6.45, 7) is -0.0793. The fourth-order valence-electron chi connectivity index (χ4n) is 2.96. The first-order valence-corrected chi connectivity index (χ1v) is 10.8. The summed E-state index contributed by atoms with van der Waals surface area (Å²) in [5.74, 6) is 0.390. The van der Waals surface area contributed by atoms with E-state index in [1.54, 1.807) is 36.0 Å². The number of nitrogens with one attached hydrogen (secondary N) is 1. The van der Waals surface area contributed by atoms with Gasteiger partial charge >= 0.3 is 0 Å². The first-order valence-electron chi connectivity index (χ1n) is 9.82. The maximum Gasteiger partial charge on any atom is 0.248 e. The second-order valence-electron chi connectivity index (χ2n) is 6.90. The monoisotopic (exact) mass is 444 g/mol. The van der Waals surface area contributed by atoms with E-state index in [2.05, 4.69) is 32.9 Å². The minimum absolute atomic E-state index is 0.0793. The number of primary amides is 1. The predicted octanol–water partition coefficient (Wildman–Crippen LogP) is 3.37. The SMILES string of the molecule is NC(=O)c1ccc(-c2nnn(CC(=O)Nc3ccccc3SCc3ccccc3)n2)cc1. The molecule has 0 unspecified atom stereocenters. The van der Waals surface area contributed by atoms with Crippen molar-refractivity contribution in [2.45, 2.75) is 17.2 Å². The number of carbonyl (C=O) groups excluding carboxylic acids is 2. The lowest BCUT2D eigenvalue weighted by Crippen LogP contribution is -2.20. The molecule has 0 aliphatic carbocycles. The Morgan fingerprint density at radius 1 is 0.938 bits per heavy atom. The molecule has 0 radical (unpaired) electrons. The van der Waals surface area contributed by atoms with E-state index in [4.69, 9.17) is 5.73 Å². The first kappa shape index (κ1) is 21.3. The minimum Gasteiger partial charge on any atom is -0.366 e. The first-order chi connectivity index (χ1) is 15.6. The average Bonchev–Trinajstić information content (AvgIpc) is 3.27. The lowest BCUT2D eigenvalue weighted by atomic mass is 10.1. The standard InChI is InChI=1S/C23H20N6O2S/c24-22(31)17-10-12-18(13-11-17)23-26-28-29(27-23)14-21(30)25-19-8-4-5-9-20(19)32-15-16-6-2-1-3-7-16/h1-13H,14-15H2,(H2,24,31)(H,25,30). The van der Waals surface area contributed by atoms with Crippen molar-refractivity contribution in [3.63, 3.8) is 0 Å². The summed E-state index contributed by atoms with van der Waals surface area (Å²) in [7, 11) is 0. The van der Waals surface area contributed by atoms with Gasteiger partial charge in [-0.1, -0.05) is 54.6 Å². The molecule has 0 aliphatic heterocycles. The van der Waals surface area contributed by atoms with Gasteiger partial charge in [0, 0.05) is 21.8 Å². The summed E-state index contributed by atoms with van der Waals surface area (Å²) in [5.41, 5.74) is 8.26. The van der Waals surface area contributed by atoms with Crippen LogP contribution in [0, 0.1) is 0 Å². The second-order valence-corrected chi connectivity index (χ2v) is 7.92. The zero-order valence-electron chi connectivity index (χ0n) is 17.0. The van der Waals surface area contributed by atoms with Crippen molar-refractivity contribution >= 4 is 29.3 Å². The van der Waals surface area contributed by atoms with Gasteiger partial charge in [-0.05, 0) is 35.0 Å². The maximum absolute atomic E-state index is 12.6. The number of hydrogen-bond acceptors (Lipinski definition) is 6.